The molecule has 1 aliphatic rings. The number of hydrogen-bond donors (Lipinski definition) is 2. The lowest BCUT2D eigenvalue weighted by Gasteiger charge is -2.05. The van der Waals surface area contributed by atoms with Crippen LogP contribution in [0.15, 0.2) is 40.4 Å². The number of rotatable bonds is 3. The molecule has 0 aromatic heterocycles. The van der Waals surface area contributed by atoms with E-state index < -0.39 is 0 Å². The number of halogens is 1. The number of thioether (sulfide) groups is 1. The van der Waals surface area contributed by atoms with Crippen LogP contribution in [-0.4, -0.2) is 16.3 Å². The fourth-order valence-electron chi connectivity index (χ4n) is 1.35. The largest absolute Gasteiger partial charge is 0.303 e. The summed E-state index contributed by atoms with van der Waals surface area (Å²) in [5.41, 5.74) is 4.48. The lowest BCUT2D eigenvalue weighted by atomic mass is 10.2. The predicted molar refractivity (Wildman–Crippen MR) is 78.9 cm³/mol. The van der Waals surface area contributed by atoms with E-state index in [2.05, 4.69) is 38.4 Å². The first-order chi connectivity index (χ1) is 8.56. The van der Waals surface area contributed by atoms with E-state index in [9.17, 15) is 4.79 Å². The van der Waals surface area contributed by atoms with Crippen LogP contribution in [0.3, 0.4) is 0 Å². The average molecular weight is 326 g/mol. The lowest BCUT2D eigenvalue weighted by Crippen LogP contribution is -2.24. The highest BCUT2D eigenvalue weighted by Crippen LogP contribution is 2.19. The minimum Gasteiger partial charge on any atom is -0.303 e. The number of amidine groups is 1. The highest BCUT2D eigenvalue weighted by atomic mass is 79.9. The summed E-state index contributed by atoms with van der Waals surface area (Å²) < 4.78 is 1.01. The van der Waals surface area contributed by atoms with Crippen LogP contribution < -0.4 is 10.7 Å². The van der Waals surface area contributed by atoms with Gasteiger partial charge in [-0.05, 0) is 24.6 Å². The zero-order valence-corrected chi connectivity index (χ0v) is 12.1. The summed E-state index contributed by atoms with van der Waals surface area (Å²) in [4.78, 5) is 11.3. The summed E-state index contributed by atoms with van der Waals surface area (Å²) in [6.07, 6.45) is 0. The van der Waals surface area contributed by atoms with Gasteiger partial charge in [-0.25, -0.2) is 0 Å². The van der Waals surface area contributed by atoms with Gasteiger partial charge in [-0.2, -0.15) is 0 Å². The third-order valence-electron chi connectivity index (χ3n) is 2.37. The fourth-order valence-corrected chi connectivity index (χ4v) is 2.37. The minimum atomic E-state index is -0.0912. The van der Waals surface area contributed by atoms with Gasteiger partial charge in [0.15, 0.2) is 5.17 Å². The van der Waals surface area contributed by atoms with E-state index in [-0.39, 0.29) is 11.2 Å². The van der Waals surface area contributed by atoms with Gasteiger partial charge < -0.3 is 5.32 Å². The number of hydrazone groups is 1. The third kappa shape index (κ3) is 3.14. The molecule has 1 aromatic rings. The molecule has 0 aliphatic carbocycles. The monoisotopic (exact) mass is 325 g/mol. The minimum absolute atomic E-state index is 0.0187. The van der Waals surface area contributed by atoms with Crippen LogP contribution >= 0.6 is 27.7 Å². The second-order valence-electron chi connectivity index (χ2n) is 3.76. The second kappa shape index (κ2) is 5.58. The average Bonchev–Trinajstić information content (AvgIpc) is 2.67. The van der Waals surface area contributed by atoms with Crippen LogP contribution in [0.4, 0.5) is 0 Å². The Morgan fingerprint density at radius 1 is 1.50 bits per heavy atom. The van der Waals surface area contributed by atoms with Crippen molar-refractivity contribution in [1.29, 1.82) is 0 Å². The van der Waals surface area contributed by atoms with E-state index in [1.165, 1.54) is 11.8 Å². The van der Waals surface area contributed by atoms with E-state index in [1.54, 1.807) is 0 Å². The molecular weight excluding hydrogens is 314 g/mol. The Morgan fingerprint density at radius 3 is 2.72 bits per heavy atom. The molecule has 2 rings (SSSR count). The highest BCUT2D eigenvalue weighted by molar-refractivity contribution is 9.10. The first kappa shape index (κ1) is 13.2. The molecule has 0 unspecified atom stereocenters. The normalized spacial score (nSPS) is 20.9. The number of nitrogens with one attached hydrogen (secondary N) is 2. The van der Waals surface area contributed by atoms with Gasteiger partial charge in [0.25, 0.3) is 0 Å². The van der Waals surface area contributed by atoms with Crippen LogP contribution in [0.1, 0.15) is 12.5 Å². The molecule has 4 nitrogen and oxygen atoms in total. The van der Waals surface area contributed by atoms with Crippen LogP contribution in [0, 0.1) is 0 Å². The van der Waals surface area contributed by atoms with Crippen LogP contribution in [0.25, 0.3) is 5.70 Å². The topological polar surface area (TPSA) is 53.5 Å². The van der Waals surface area contributed by atoms with Crippen molar-refractivity contribution in [2.24, 2.45) is 5.10 Å². The van der Waals surface area contributed by atoms with E-state index >= 15 is 0 Å². The summed E-state index contributed by atoms with van der Waals surface area (Å²) in [7, 11) is 0. The molecule has 18 heavy (non-hydrogen) atoms. The second-order valence-corrected chi connectivity index (χ2v) is 6.01. The van der Waals surface area contributed by atoms with Gasteiger partial charge in [0.05, 0.1) is 10.9 Å². The molecule has 1 fully saturated rings. The standard InChI is InChI=1S/C12H12BrN3OS/c1-7(9-3-5-10(13)6-4-9)15-16-12-14-11(17)8(2)18-12/h3-6,8,15H,1H2,2H3,(H,14,16,17)/t8-/m1/s1. The molecule has 1 atom stereocenters. The molecule has 1 aliphatic heterocycles. The van der Waals surface area contributed by atoms with Gasteiger partial charge >= 0.3 is 0 Å². The molecular formula is C12H12BrN3OS. The van der Waals surface area contributed by atoms with Crippen molar-refractivity contribution in [2.45, 2.75) is 12.2 Å². The van der Waals surface area contributed by atoms with E-state index in [0.29, 0.717) is 10.9 Å². The van der Waals surface area contributed by atoms with Gasteiger partial charge in [-0.15, -0.1) is 5.10 Å². The van der Waals surface area contributed by atoms with Crippen LogP contribution in [0.5, 0.6) is 0 Å². The van der Waals surface area contributed by atoms with Gasteiger partial charge in [0.1, 0.15) is 0 Å². The van der Waals surface area contributed by atoms with Gasteiger partial charge in [-0.3, -0.25) is 10.2 Å². The Bertz CT molecular complexity index is 513. The van der Waals surface area contributed by atoms with Crippen molar-refractivity contribution >= 4 is 44.5 Å². The van der Waals surface area contributed by atoms with E-state index in [1.807, 2.05) is 31.2 Å². The van der Waals surface area contributed by atoms with Gasteiger partial charge in [0.2, 0.25) is 5.91 Å². The molecule has 0 spiro atoms. The van der Waals surface area contributed by atoms with Crippen LogP contribution in [-0.2, 0) is 4.79 Å². The summed E-state index contributed by atoms with van der Waals surface area (Å²) in [6.45, 7) is 5.74. The Morgan fingerprint density at radius 2 is 2.17 bits per heavy atom. The number of hydrogen-bond acceptors (Lipinski definition) is 4. The van der Waals surface area contributed by atoms with E-state index in [0.717, 1.165) is 10.0 Å². The molecule has 1 heterocycles. The van der Waals surface area contributed by atoms with Crippen LogP contribution in [0.2, 0.25) is 0 Å². The Balaban J connectivity index is 1.98. The lowest BCUT2D eigenvalue weighted by molar-refractivity contribution is -0.118. The maximum atomic E-state index is 11.3. The molecule has 2 N–H and O–H groups in total. The zero-order valence-electron chi connectivity index (χ0n) is 9.74. The first-order valence-corrected chi connectivity index (χ1v) is 6.99. The van der Waals surface area contributed by atoms with Crippen molar-refractivity contribution < 1.29 is 4.79 Å². The number of benzene rings is 1. The van der Waals surface area contributed by atoms with Crippen molar-refractivity contribution in [2.75, 3.05) is 0 Å². The molecule has 0 radical (unpaired) electrons. The Hall–Kier alpha value is -1.27. The van der Waals surface area contributed by atoms with E-state index in [4.69, 9.17) is 0 Å². The number of carbonyl (C=O) groups excluding carboxylic acids is 1. The molecule has 94 valence electrons. The van der Waals surface area contributed by atoms with Crippen molar-refractivity contribution in [3.8, 4) is 0 Å². The number of nitrogens with zero attached hydrogens (tertiary/aromatic N) is 1. The summed E-state index contributed by atoms with van der Waals surface area (Å²) >= 11 is 4.76. The Labute approximate surface area is 118 Å². The smallest absolute Gasteiger partial charge is 0.239 e. The maximum absolute atomic E-state index is 11.3. The molecule has 6 heteroatoms. The molecule has 1 amide bonds. The van der Waals surface area contributed by atoms with Gasteiger partial charge in [0, 0.05) is 4.47 Å². The first-order valence-electron chi connectivity index (χ1n) is 5.32. The predicted octanol–water partition coefficient (Wildman–Crippen LogP) is 2.53. The third-order valence-corrected chi connectivity index (χ3v) is 3.89. The number of amides is 1. The molecule has 1 aromatic carbocycles. The van der Waals surface area contributed by atoms with Crippen molar-refractivity contribution in [3.63, 3.8) is 0 Å². The fraction of sp³-hybridized carbons (Fsp3) is 0.167. The molecule has 1 saturated heterocycles. The van der Waals surface area contributed by atoms with Gasteiger partial charge in [-0.1, -0.05) is 46.4 Å². The summed E-state index contributed by atoms with van der Waals surface area (Å²) in [5.74, 6) is -0.0187. The quantitative estimate of drug-likeness (QED) is 0.840. The molecule has 0 bridgehead atoms. The summed E-state index contributed by atoms with van der Waals surface area (Å²) in [5, 5.41) is 7.28. The Kier molecular flexibility index (Phi) is 4.08. The highest BCUT2D eigenvalue weighted by Gasteiger charge is 2.25. The molecule has 0 saturated carbocycles. The number of carbonyl (C=O) groups is 1. The van der Waals surface area contributed by atoms with Crippen molar-refractivity contribution in [1.82, 2.24) is 10.7 Å². The van der Waals surface area contributed by atoms with Crippen molar-refractivity contribution in [3.05, 3.63) is 40.9 Å². The summed E-state index contributed by atoms with van der Waals surface area (Å²) in [6, 6.07) is 7.73. The zero-order chi connectivity index (χ0) is 13.1. The SMILES string of the molecule is C=C(N/N=C1/NC(=O)[C@@H](C)S1)c1ccc(Br)cc1. The maximum Gasteiger partial charge on any atom is 0.239 e.